The quantitative estimate of drug-likeness (QED) is 0.878. The molecule has 0 radical (unpaired) electrons. The van der Waals surface area contributed by atoms with Crippen LogP contribution in [0.5, 0.6) is 0 Å². The van der Waals surface area contributed by atoms with Gasteiger partial charge >= 0.3 is 0 Å². The van der Waals surface area contributed by atoms with Crippen LogP contribution in [0.15, 0.2) is 18.2 Å². The Balaban J connectivity index is 1.38. The molecule has 0 atom stereocenters. The Kier molecular flexibility index (Phi) is 5.41. The lowest BCUT2D eigenvalue weighted by atomic mass is 9.95. The summed E-state index contributed by atoms with van der Waals surface area (Å²) < 4.78 is 11.4. The topological polar surface area (TPSA) is 80.8 Å². The van der Waals surface area contributed by atoms with Crippen LogP contribution in [0.3, 0.4) is 0 Å². The summed E-state index contributed by atoms with van der Waals surface area (Å²) in [6.45, 7) is 2.37. The summed E-state index contributed by atoms with van der Waals surface area (Å²) in [5.41, 5.74) is 0.623. The maximum atomic E-state index is 12.8. The number of pyridine rings is 1. The van der Waals surface area contributed by atoms with Crippen LogP contribution in [-0.4, -0.2) is 59.8 Å². The van der Waals surface area contributed by atoms with Crippen molar-refractivity contribution in [2.45, 2.75) is 56.8 Å². The van der Waals surface area contributed by atoms with Crippen LogP contribution in [0.2, 0.25) is 0 Å². The van der Waals surface area contributed by atoms with E-state index in [0.717, 1.165) is 25.7 Å². The largest absolute Gasteiger partial charge is 0.348 e. The first-order valence-electron chi connectivity index (χ1n) is 10.0. The monoisotopic (exact) mass is 373 g/mol. The van der Waals surface area contributed by atoms with Crippen LogP contribution in [0.25, 0.3) is 0 Å². The van der Waals surface area contributed by atoms with Crippen molar-refractivity contribution in [3.8, 4) is 0 Å². The molecule has 3 fully saturated rings. The van der Waals surface area contributed by atoms with E-state index in [2.05, 4.69) is 10.3 Å². The fourth-order valence-corrected chi connectivity index (χ4v) is 4.18. The van der Waals surface area contributed by atoms with E-state index in [1.807, 2.05) is 0 Å². The van der Waals surface area contributed by atoms with Gasteiger partial charge in [0.2, 0.25) is 0 Å². The minimum atomic E-state index is -0.508. The number of aromatic nitrogens is 1. The maximum absolute atomic E-state index is 12.8. The summed E-state index contributed by atoms with van der Waals surface area (Å²) >= 11 is 0. The highest BCUT2D eigenvalue weighted by atomic mass is 16.7. The van der Waals surface area contributed by atoms with Gasteiger partial charge in [0.1, 0.15) is 11.4 Å². The number of carbonyl (C=O) groups is 2. The van der Waals surface area contributed by atoms with Crippen molar-refractivity contribution in [2.24, 2.45) is 0 Å². The molecular formula is C20H27N3O4. The van der Waals surface area contributed by atoms with Gasteiger partial charge in [-0.15, -0.1) is 0 Å². The van der Waals surface area contributed by atoms with Gasteiger partial charge in [-0.1, -0.05) is 25.3 Å². The van der Waals surface area contributed by atoms with Gasteiger partial charge < -0.3 is 19.7 Å². The number of hydrogen-bond acceptors (Lipinski definition) is 5. The summed E-state index contributed by atoms with van der Waals surface area (Å²) in [6.07, 6.45) is 6.92. The predicted molar refractivity (Wildman–Crippen MR) is 98.3 cm³/mol. The zero-order valence-electron chi connectivity index (χ0n) is 15.6. The Hall–Kier alpha value is -1.99. The first-order valence-corrected chi connectivity index (χ1v) is 10.0. The van der Waals surface area contributed by atoms with Crippen LogP contribution in [-0.2, 0) is 9.47 Å². The summed E-state index contributed by atoms with van der Waals surface area (Å²) in [5, 5.41) is 3.05. The molecule has 1 aromatic heterocycles. The molecule has 1 aliphatic carbocycles. The number of amides is 2. The lowest BCUT2D eigenvalue weighted by molar-refractivity contribution is -0.181. The fraction of sp³-hybridized carbons (Fsp3) is 0.650. The molecule has 3 aliphatic rings. The number of ether oxygens (including phenoxy) is 2. The SMILES string of the molecule is O=C(NC1CCCCC1)c1cccc(C(=O)N2CCC3(CC2)OCCO3)n1. The van der Waals surface area contributed by atoms with Gasteiger partial charge in [-0.3, -0.25) is 9.59 Å². The van der Waals surface area contributed by atoms with Crippen molar-refractivity contribution in [2.75, 3.05) is 26.3 Å². The molecule has 2 amide bonds. The molecule has 1 aromatic rings. The van der Waals surface area contributed by atoms with Crippen molar-refractivity contribution >= 4 is 11.8 Å². The van der Waals surface area contributed by atoms with Crippen LogP contribution in [0, 0.1) is 0 Å². The van der Waals surface area contributed by atoms with Gasteiger partial charge in [-0.2, -0.15) is 0 Å². The van der Waals surface area contributed by atoms with Crippen LogP contribution >= 0.6 is 0 Å². The van der Waals surface area contributed by atoms with Gasteiger partial charge in [-0.25, -0.2) is 4.98 Å². The molecular weight excluding hydrogens is 346 g/mol. The number of hydrogen-bond donors (Lipinski definition) is 1. The van der Waals surface area contributed by atoms with Gasteiger partial charge in [0.05, 0.1) is 13.2 Å². The highest BCUT2D eigenvalue weighted by molar-refractivity contribution is 5.96. The van der Waals surface area contributed by atoms with E-state index in [0.29, 0.717) is 50.5 Å². The van der Waals surface area contributed by atoms with Crippen molar-refractivity contribution in [3.05, 3.63) is 29.6 Å². The first-order chi connectivity index (χ1) is 13.2. The number of likely N-dealkylation sites (tertiary alicyclic amines) is 1. The molecule has 0 aromatic carbocycles. The van der Waals surface area contributed by atoms with E-state index in [4.69, 9.17) is 9.47 Å². The Morgan fingerprint density at radius 3 is 2.41 bits per heavy atom. The summed E-state index contributed by atoms with van der Waals surface area (Å²) in [6, 6.07) is 5.29. The van der Waals surface area contributed by atoms with E-state index < -0.39 is 5.79 Å². The van der Waals surface area contributed by atoms with Crippen molar-refractivity contribution < 1.29 is 19.1 Å². The minimum absolute atomic E-state index is 0.143. The second kappa shape index (κ2) is 7.94. The number of nitrogens with one attached hydrogen (secondary N) is 1. The normalized spacial score (nSPS) is 22.7. The number of rotatable bonds is 3. The average molecular weight is 373 g/mol. The smallest absolute Gasteiger partial charge is 0.272 e. The molecule has 1 N–H and O–H groups in total. The van der Waals surface area contributed by atoms with Gasteiger partial charge in [0, 0.05) is 32.0 Å². The number of piperidine rings is 1. The second-order valence-electron chi connectivity index (χ2n) is 7.62. The Morgan fingerprint density at radius 2 is 1.70 bits per heavy atom. The number of nitrogens with zero attached hydrogens (tertiary/aromatic N) is 2. The Bertz CT molecular complexity index is 686. The first kappa shape index (κ1) is 18.4. The standard InChI is InChI=1S/C20H27N3O4/c24-18(21-15-5-2-1-3-6-15)16-7-4-8-17(22-16)19(25)23-11-9-20(10-12-23)26-13-14-27-20/h4,7-8,15H,1-3,5-6,9-14H2,(H,21,24). The third-order valence-electron chi connectivity index (χ3n) is 5.77. The zero-order valence-corrected chi connectivity index (χ0v) is 15.6. The molecule has 2 aliphatic heterocycles. The van der Waals surface area contributed by atoms with E-state index in [1.165, 1.54) is 6.42 Å². The van der Waals surface area contributed by atoms with E-state index >= 15 is 0 Å². The third kappa shape index (κ3) is 4.14. The molecule has 0 unspecified atom stereocenters. The van der Waals surface area contributed by atoms with Crippen LogP contribution in [0.4, 0.5) is 0 Å². The fourth-order valence-electron chi connectivity index (χ4n) is 4.18. The van der Waals surface area contributed by atoms with Crippen LogP contribution < -0.4 is 5.32 Å². The molecule has 7 heteroatoms. The van der Waals surface area contributed by atoms with E-state index in [1.54, 1.807) is 23.1 Å². The molecule has 146 valence electrons. The molecule has 4 rings (SSSR count). The Morgan fingerprint density at radius 1 is 1.04 bits per heavy atom. The molecule has 1 saturated carbocycles. The lowest BCUT2D eigenvalue weighted by Gasteiger charge is -2.37. The molecule has 7 nitrogen and oxygen atoms in total. The molecule has 3 heterocycles. The molecule has 2 saturated heterocycles. The summed E-state index contributed by atoms with van der Waals surface area (Å²) in [5.74, 6) is -0.844. The maximum Gasteiger partial charge on any atom is 0.272 e. The molecule has 0 bridgehead atoms. The van der Waals surface area contributed by atoms with E-state index in [9.17, 15) is 9.59 Å². The van der Waals surface area contributed by atoms with E-state index in [-0.39, 0.29) is 17.9 Å². The summed E-state index contributed by atoms with van der Waals surface area (Å²) in [4.78, 5) is 31.4. The van der Waals surface area contributed by atoms with Crippen molar-refractivity contribution in [1.82, 2.24) is 15.2 Å². The predicted octanol–water partition coefficient (Wildman–Crippen LogP) is 2.12. The second-order valence-corrected chi connectivity index (χ2v) is 7.62. The van der Waals surface area contributed by atoms with Gasteiger partial charge in [0.25, 0.3) is 11.8 Å². The average Bonchev–Trinajstić information content (AvgIpc) is 3.17. The Labute approximate surface area is 159 Å². The lowest BCUT2D eigenvalue weighted by Crippen LogP contribution is -2.47. The minimum Gasteiger partial charge on any atom is -0.348 e. The molecule has 27 heavy (non-hydrogen) atoms. The van der Waals surface area contributed by atoms with Crippen molar-refractivity contribution in [1.29, 1.82) is 0 Å². The third-order valence-corrected chi connectivity index (χ3v) is 5.77. The number of carbonyl (C=O) groups excluding carboxylic acids is 2. The summed E-state index contributed by atoms with van der Waals surface area (Å²) in [7, 11) is 0. The highest BCUT2D eigenvalue weighted by Gasteiger charge is 2.41. The van der Waals surface area contributed by atoms with Crippen LogP contribution in [0.1, 0.15) is 65.9 Å². The van der Waals surface area contributed by atoms with Gasteiger partial charge in [-0.05, 0) is 25.0 Å². The molecule has 1 spiro atoms. The zero-order chi connectivity index (χ0) is 18.7. The van der Waals surface area contributed by atoms with Gasteiger partial charge in [0.15, 0.2) is 5.79 Å². The van der Waals surface area contributed by atoms with Crippen molar-refractivity contribution in [3.63, 3.8) is 0 Å². The highest BCUT2D eigenvalue weighted by Crippen LogP contribution is 2.31.